The highest BCUT2D eigenvalue weighted by atomic mass is 19.4. The molecule has 2 aromatic rings. The van der Waals surface area contributed by atoms with Gasteiger partial charge in [0.25, 0.3) is 0 Å². The van der Waals surface area contributed by atoms with Crippen LogP contribution in [-0.2, 0) is 30.5 Å². The van der Waals surface area contributed by atoms with Crippen molar-refractivity contribution in [2.45, 2.75) is 38.5 Å². The molecule has 0 spiro atoms. The van der Waals surface area contributed by atoms with Gasteiger partial charge >= 0.3 is 6.18 Å². The molecule has 1 amide bonds. The molecule has 184 valence electrons. The van der Waals surface area contributed by atoms with Gasteiger partial charge in [0.15, 0.2) is 0 Å². The fraction of sp³-hybridized carbons (Fsp3) is 0.520. The molecule has 1 aliphatic heterocycles. The van der Waals surface area contributed by atoms with Gasteiger partial charge < -0.3 is 15.5 Å². The van der Waals surface area contributed by atoms with Crippen LogP contribution in [0.15, 0.2) is 36.5 Å². The Bertz CT molecular complexity index is 993. The van der Waals surface area contributed by atoms with Gasteiger partial charge in [-0.2, -0.15) is 13.2 Å². The Morgan fingerprint density at radius 3 is 2.79 bits per heavy atom. The number of carbonyl (C=O) groups is 1. The van der Waals surface area contributed by atoms with Gasteiger partial charge in [0, 0.05) is 44.6 Å². The summed E-state index contributed by atoms with van der Waals surface area (Å²) in [5, 5.41) is 6.21. The monoisotopic (exact) mass is 475 g/mol. The molecule has 6 nitrogen and oxygen atoms in total. The fourth-order valence-corrected chi connectivity index (χ4v) is 4.48. The quantitative estimate of drug-likeness (QED) is 0.551. The average Bonchev–Trinajstić information content (AvgIpc) is 3.63. The molecule has 0 saturated heterocycles. The van der Waals surface area contributed by atoms with Crippen molar-refractivity contribution < 1.29 is 18.0 Å². The molecule has 1 aromatic heterocycles. The Morgan fingerprint density at radius 1 is 1.24 bits per heavy atom. The molecule has 1 saturated carbocycles. The lowest BCUT2D eigenvalue weighted by atomic mass is 9.97. The number of pyridine rings is 1. The molecule has 2 N–H and O–H groups in total. The number of hydrogen-bond donors (Lipinski definition) is 2. The summed E-state index contributed by atoms with van der Waals surface area (Å²) >= 11 is 0. The molecule has 0 atom stereocenters. The van der Waals surface area contributed by atoms with Crippen molar-refractivity contribution in [3.05, 3.63) is 58.9 Å². The molecule has 34 heavy (non-hydrogen) atoms. The summed E-state index contributed by atoms with van der Waals surface area (Å²) in [5.41, 5.74) is 2.48. The van der Waals surface area contributed by atoms with Crippen LogP contribution in [0.4, 0.5) is 18.9 Å². The van der Waals surface area contributed by atoms with E-state index in [4.69, 9.17) is 0 Å². The largest absolute Gasteiger partial charge is 0.418 e. The molecule has 1 aromatic carbocycles. The molecular formula is C25H32F3N5O. The van der Waals surface area contributed by atoms with Crippen LogP contribution in [0.3, 0.4) is 0 Å². The van der Waals surface area contributed by atoms with Gasteiger partial charge in [-0.1, -0.05) is 12.1 Å². The van der Waals surface area contributed by atoms with E-state index in [1.165, 1.54) is 41.1 Å². The second kappa shape index (κ2) is 10.7. The fourth-order valence-electron chi connectivity index (χ4n) is 4.48. The highest BCUT2D eigenvalue weighted by Crippen LogP contribution is 2.33. The van der Waals surface area contributed by atoms with E-state index >= 15 is 0 Å². The number of nitrogens with one attached hydrogen (secondary N) is 2. The van der Waals surface area contributed by atoms with E-state index < -0.39 is 11.7 Å². The zero-order valence-electron chi connectivity index (χ0n) is 19.5. The molecule has 4 rings (SSSR count). The number of likely N-dealkylation sites (N-methyl/N-ethyl adjacent to an activating group) is 1. The molecule has 1 aliphatic carbocycles. The lowest BCUT2D eigenvalue weighted by molar-refractivity contribution is -0.140. The first-order valence-corrected chi connectivity index (χ1v) is 11.9. The lowest BCUT2D eigenvalue weighted by Gasteiger charge is -2.30. The van der Waals surface area contributed by atoms with E-state index in [-0.39, 0.29) is 31.2 Å². The summed E-state index contributed by atoms with van der Waals surface area (Å²) < 4.78 is 40.2. The maximum atomic E-state index is 13.4. The molecule has 0 unspecified atom stereocenters. The summed E-state index contributed by atoms with van der Waals surface area (Å²) in [6, 6.07) is 8.37. The van der Waals surface area contributed by atoms with Crippen LogP contribution in [0.2, 0.25) is 0 Å². The highest BCUT2D eigenvalue weighted by molar-refractivity contribution is 5.81. The molecule has 2 aliphatic rings. The zero-order valence-corrected chi connectivity index (χ0v) is 19.5. The first-order valence-electron chi connectivity index (χ1n) is 11.9. The zero-order chi connectivity index (χ0) is 24.1. The van der Waals surface area contributed by atoms with E-state index in [1.807, 2.05) is 12.1 Å². The van der Waals surface area contributed by atoms with Crippen LogP contribution < -0.4 is 10.6 Å². The first-order chi connectivity index (χ1) is 16.3. The van der Waals surface area contributed by atoms with Gasteiger partial charge in [0.2, 0.25) is 5.91 Å². The molecule has 2 heterocycles. The third-order valence-electron chi connectivity index (χ3n) is 6.51. The van der Waals surface area contributed by atoms with E-state index in [2.05, 4.69) is 26.6 Å². The number of aromatic nitrogens is 1. The van der Waals surface area contributed by atoms with Crippen LogP contribution >= 0.6 is 0 Å². The smallest absolute Gasteiger partial charge is 0.376 e. The third kappa shape index (κ3) is 6.27. The van der Waals surface area contributed by atoms with Crippen molar-refractivity contribution in [1.82, 2.24) is 20.1 Å². The molecule has 9 heteroatoms. The predicted molar refractivity (Wildman–Crippen MR) is 125 cm³/mol. The number of alkyl halides is 3. The van der Waals surface area contributed by atoms with Crippen molar-refractivity contribution in [3.63, 3.8) is 0 Å². The Morgan fingerprint density at radius 2 is 2.06 bits per heavy atom. The van der Waals surface area contributed by atoms with Crippen molar-refractivity contribution in [2.24, 2.45) is 5.92 Å². The van der Waals surface area contributed by atoms with E-state index in [0.29, 0.717) is 6.54 Å². The predicted octanol–water partition coefficient (Wildman–Crippen LogP) is 3.53. The maximum absolute atomic E-state index is 13.4. The van der Waals surface area contributed by atoms with Gasteiger partial charge in [-0.05, 0) is 61.6 Å². The Balaban J connectivity index is 1.42. The van der Waals surface area contributed by atoms with Crippen LogP contribution in [-0.4, -0.2) is 60.5 Å². The van der Waals surface area contributed by atoms with Crippen LogP contribution in [0.5, 0.6) is 0 Å². The van der Waals surface area contributed by atoms with Crippen molar-refractivity contribution in [1.29, 1.82) is 0 Å². The van der Waals surface area contributed by atoms with Crippen molar-refractivity contribution in [3.8, 4) is 0 Å². The minimum absolute atomic E-state index is 0.0140. The van der Waals surface area contributed by atoms with Gasteiger partial charge in [-0.3, -0.25) is 14.7 Å². The minimum atomic E-state index is -4.52. The van der Waals surface area contributed by atoms with Crippen molar-refractivity contribution in [2.75, 3.05) is 45.1 Å². The number of benzene rings is 1. The number of rotatable bonds is 10. The summed E-state index contributed by atoms with van der Waals surface area (Å²) in [7, 11) is 1.74. The Kier molecular flexibility index (Phi) is 7.73. The minimum Gasteiger partial charge on any atom is -0.376 e. The topological polar surface area (TPSA) is 60.5 Å². The maximum Gasteiger partial charge on any atom is 0.418 e. The van der Waals surface area contributed by atoms with Gasteiger partial charge in [-0.25, -0.2) is 0 Å². The number of anilines is 1. The number of nitrogens with zero attached hydrogens (tertiary/aromatic N) is 3. The molecule has 1 fully saturated rings. The number of halogens is 3. The summed E-state index contributed by atoms with van der Waals surface area (Å²) in [4.78, 5) is 20.9. The SMILES string of the molecule is CNCCN(Cc1ncccc1C(F)(F)F)C(=O)CNc1cccc2c1CCN(CC1CC1)C2. The number of carbonyl (C=O) groups excluding carboxylic acids is 1. The van der Waals surface area contributed by atoms with Crippen LogP contribution in [0.1, 0.15) is 35.2 Å². The van der Waals surface area contributed by atoms with Gasteiger partial charge in [0.05, 0.1) is 24.3 Å². The van der Waals surface area contributed by atoms with E-state index in [1.54, 1.807) is 7.05 Å². The average molecular weight is 476 g/mol. The summed E-state index contributed by atoms with van der Waals surface area (Å²) in [5.74, 6) is 0.582. The molecular weight excluding hydrogens is 443 g/mol. The third-order valence-corrected chi connectivity index (χ3v) is 6.51. The normalized spacial score (nSPS) is 16.2. The van der Waals surface area contributed by atoms with Crippen LogP contribution in [0, 0.1) is 5.92 Å². The second-order valence-electron chi connectivity index (χ2n) is 9.14. The summed E-state index contributed by atoms with van der Waals surface area (Å²) in [6.07, 6.45) is 0.397. The molecule has 0 bridgehead atoms. The second-order valence-corrected chi connectivity index (χ2v) is 9.14. The lowest BCUT2D eigenvalue weighted by Crippen LogP contribution is -2.40. The first kappa shape index (κ1) is 24.5. The standard InChI is InChI=1S/C25H32F3N5O/c1-29-11-13-33(17-23-21(25(26,27)28)5-3-10-30-23)24(34)14-31-22-6-2-4-19-16-32(12-9-20(19)22)15-18-7-8-18/h2-6,10,18,29,31H,7-9,11-17H2,1H3. The van der Waals surface area contributed by atoms with E-state index in [9.17, 15) is 18.0 Å². The van der Waals surface area contributed by atoms with E-state index in [0.717, 1.165) is 43.7 Å². The number of amides is 1. The van der Waals surface area contributed by atoms with Gasteiger partial charge in [0.1, 0.15) is 0 Å². The number of fused-ring (bicyclic) bond motifs is 1. The molecule has 0 radical (unpaired) electrons. The Hall–Kier alpha value is -2.65. The van der Waals surface area contributed by atoms with Gasteiger partial charge in [-0.15, -0.1) is 0 Å². The number of hydrogen-bond acceptors (Lipinski definition) is 5. The van der Waals surface area contributed by atoms with Crippen molar-refractivity contribution >= 4 is 11.6 Å². The van der Waals surface area contributed by atoms with Crippen LogP contribution in [0.25, 0.3) is 0 Å². The highest BCUT2D eigenvalue weighted by Gasteiger charge is 2.34. The summed E-state index contributed by atoms with van der Waals surface area (Å²) in [6.45, 7) is 3.66. The Labute approximate surface area is 198 Å².